The fourth-order valence-electron chi connectivity index (χ4n) is 1.88. The molecule has 0 saturated heterocycles. The molecular weight excluding hydrogens is 226 g/mol. The first-order valence-electron chi connectivity index (χ1n) is 5.17. The highest BCUT2D eigenvalue weighted by Gasteiger charge is 2.39. The zero-order valence-electron chi connectivity index (χ0n) is 9.47. The van der Waals surface area contributed by atoms with Gasteiger partial charge in [0, 0.05) is 0 Å². The molecule has 3 nitrogen and oxygen atoms in total. The molecule has 4 heteroatoms. The normalized spacial score (nSPS) is 19.2. The van der Waals surface area contributed by atoms with Crippen LogP contribution < -0.4 is 5.32 Å². The molecule has 1 amide bonds. The van der Waals surface area contributed by atoms with Crippen LogP contribution in [-0.2, 0) is 10.2 Å². The van der Waals surface area contributed by atoms with Crippen LogP contribution in [0.1, 0.15) is 38.0 Å². The number of fused-ring (bicyclic) bond motifs is 1. The first-order valence-corrected chi connectivity index (χ1v) is 5.55. The summed E-state index contributed by atoms with van der Waals surface area (Å²) in [6.07, 6.45) is -0.589. The molecule has 1 atom stereocenters. The third-order valence-electron chi connectivity index (χ3n) is 3.07. The Morgan fingerprint density at radius 2 is 2.06 bits per heavy atom. The number of benzene rings is 1. The van der Waals surface area contributed by atoms with Gasteiger partial charge in [-0.05, 0) is 44.0 Å². The van der Waals surface area contributed by atoms with Gasteiger partial charge in [-0.25, -0.2) is 0 Å². The molecule has 16 heavy (non-hydrogen) atoms. The molecule has 0 saturated carbocycles. The van der Waals surface area contributed by atoms with E-state index in [2.05, 4.69) is 5.32 Å². The molecule has 1 aliphatic rings. The zero-order valence-corrected chi connectivity index (χ0v) is 10.2. The minimum Gasteiger partial charge on any atom is -0.389 e. The average molecular weight is 240 g/mol. The van der Waals surface area contributed by atoms with Crippen molar-refractivity contribution in [2.45, 2.75) is 32.3 Å². The van der Waals surface area contributed by atoms with Crippen molar-refractivity contribution in [2.24, 2.45) is 0 Å². The Morgan fingerprint density at radius 1 is 1.44 bits per heavy atom. The van der Waals surface area contributed by atoms with Gasteiger partial charge in [-0.15, -0.1) is 0 Å². The van der Waals surface area contributed by atoms with E-state index in [-0.39, 0.29) is 5.91 Å². The Labute approximate surface area is 99.4 Å². The van der Waals surface area contributed by atoms with Crippen molar-refractivity contribution in [2.75, 3.05) is 5.32 Å². The third kappa shape index (κ3) is 1.51. The summed E-state index contributed by atoms with van der Waals surface area (Å²) in [6.45, 7) is 5.36. The fraction of sp³-hybridized carbons (Fsp3) is 0.417. The highest BCUT2D eigenvalue weighted by Crippen LogP contribution is 2.42. The number of hydrogen-bond acceptors (Lipinski definition) is 2. The zero-order chi connectivity index (χ0) is 12.1. The first kappa shape index (κ1) is 11.4. The molecule has 2 N–H and O–H groups in total. The quantitative estimate of drug-likeness (QED) is 0.792. The highest BCUT2D eigenvalue weighted by atomic mass is 35.5. The number of aliphatic hydroxyl groups excluding tert-OH is 1. The molecule has 2 rings (SSSR count). The van der Waals surface area contributed by atoms with Crippen LogP contribution in [0.5, 0.6) is 0 Å². The molecule has 1 aliphatic heterocycles. The van der Waals surface area contributed by atoms with Crippen molar-refractivity contribution in [3.8, 4) is 0 Å². The second kappa shape index (κ2) is 3.47. The van der Waals surface area contributed by atoms with Crippen LogP contribution in [0.15, 0.2) is 12.1 Å². The number of nitrogens with one attached hydrogen (secondary N) is 1. The smallest absolute Gasteiger partial charge is 0.234 e. The minimum atomic E-state index is -0.593. The number of aliphatic hydroxyl groups is 1. The summed E-state index contributed by atoms with van der Waals surface area (Å²) in [5.74, 6) is -0.0628. The van der Waals surface area contributed by atoms with E-state index in [1.807, 2.05) is 19.9 Å². The lowest BCUT2D eigenvalue weighted by Crippen LogP contribution is -2.26. The molecule has 0 fully saturated rings. The van der Waals surface area contributed by atoms with Crippen LogP contribution in [0.2, 0.25) is 5.02 Å². The summed E-state index contributed by atoms with van der Waals surface area (Å²) in [7, 11) is 0. The predicted octanol–water partition coefficient (Wildman–Crippen LogP) is 2.62. The molecule has 0 aromatic heterocycles. The van der Waals surface area contributed by atoms with Crippen LogP contribution in [-0.4, -0.2) is 11.0 Å². The standard InChI is InChI=1S/C12H14ClNO2/c1-6(15)7-4-8-10(9(13)5-7)14-11(16)12(8,2)3/h4-6,15H,1-3H3,(H,14,16). The summed E-state index contributed by atoms with van der Waals surface area (Å²) in [5, 5.41) is 12.8. The molecule has 1 aromatic rings. The Hall–Kier alpha value is -1.06. The number of carbonyl (C=O) groups is 1. The highest BCUT2D eigenvalue weighted by molar-refractivity contribution is 6.35. The molecule has 1 aromatic carbocycles. The average Bonchev–Trinajstić information content (AvgIpc) is 2.40. The van der Waals surface area contributed by atoms with Crippen molar-refractivity contribution >= 4 is 23.2 Å². The van der Waals surface area contributed by atoms with Gasteiger partial charge in [0.25, 0.3) is 0 Å². The van der Waals surface area contributed by atoms with E-state index < -0.39 is 11.5 Å². The summed E-state index contributed by atoms with van der Waals surface area (Å²) < 4.78 is 0. The maximum Gasteiger partial charge on any atom is 0.234 e. The van der Waals surface area contributed by atoms with E-state index in [4.69, 9.17) is 11.6 Å². The maximum absolute atomic E-state index is 11.8. The van der Waals surface area contributed by atoms with E-state index in [9.17, 15) is 9.90 Å². The Bertz CT molecular complexity index is 466. The van der Waals surface area contributed by atoms with Crippen LogP contribution in [0.3, 0.4) is 0 Å². The van der Waals surface area contributed by atoms with Gasteiger partial charge < -0.3 is 10.4 Å². The molecule has 1 heterocycles. The van der Waals surface area contributed by atoms with Crippen molar-refractivity contribution in [3.63, 3.8) is 0 Å². The number of anilines is 1. The van der Waals surface area contributed by atoms with Gasteiger partial charge in [0.2, 0.25) is 5.91 Å². The number of carbonyl (C=O) groups excluding carboxylic acids is 1. The Kier molecular flexibility index (Phi) is 2.48. The van der Waals surface area contributed by atoms with Gasteiger partial charge >= 0.3 is 0 Å². The van der Waals surface area contributed by atoms with Gasteiger partial charge in [0.1, 0.15) is 0 Å². The molecule has 86 valence electrons. The van der Waals surface area contributed by atoms with E-state index in [1.165, 1.54) is 0 Å². The van der Waals surface area contributed by atoms with Crippen LogP contribution in [0.4, 0.5) is 5.69 Å². The largest absolute Gasteiger partial charge is 0.389 e. The Morgan fingerprint density at radius 3 is 2.62 bits per heavy atom. The predicted molar refractivity (Wildman–Crippen MR) is 63.7 cm³/mol. The topological polar surface area (TPSA) is 49.3 Å². The Balaban J connectivity index is 2.65. The molecule has 0 spiro atoms. The second-order valence-electron chi connectivity index (χ2n) is 4.68. The lowest BCUT2D eigenvalue weighted by Gasteiger charge is -2.17. The summed E-state index contributed by atoms with van der Waals surface area (Å²) in [5.41, 5.74) is 1.65. The van der Waals surface area contributed by atoms with Crippen LogP contribution >= 0.6 is 11.6 Å². The fourth-order valence-corrected chi connectivity index (χ4v) is 2.16. The van der Waals surface area contributed by atoms with Crippen LogP contribution in [0, 0.1) is 0 Å². The van der Waals surface area contributed by atoms with Gasteiger partial charge in [0.05, 0.1) is 22.2 Å². The van der Waals surface area contributed by atoms with E-state index >= 15 is 0 Å². The second-order valence-corrected chi connectivity index (χ2v) is 5.09. The van der Waals surface area contributed by atoms with Crippen molar-refractivity contribution in [1.82, 2.24) is 0 Å². The minimum absolute atomic E-state index is 0.0628. The number of halogens is 1. The SMILES string of the molecule is CC(O)c1cc(Cl)c2c(c1)C(C)(C)C(=O)N2. The van der Waals surface area contributed by atoms with E-state index in [0.717, 1.165) is 11.1 Å². The lowest BCUT2D eigenvalue weighted by atomic mass is 9.85. The van der Waals surface area contributed by atoms with Crippen molar-refractivity contribution in [3.05, 3.63) is 28.3 Å². The maximum atomic E-state index is 11.8. The van der Waals surface area contributed by atoms with Gasteiger partial charge in [-0.3, -0.25) is 4.79 Å². The number of amides is 1. The summed E-state index contributed by atoms with van der Waals surface area (Å²) >= 11 is 6.09. The van der Waals surface area contributed by atoms with Crippen molar-refractivity contribution < 1.29 is 9.90 Å². The van der Waals surface area contributed by atoms with Gasteiger partial charge in [-0.1, -0.05) is 11.6 Å². The molecule has 0 aliphatic carbocycles. The van der Waals surface area contributed by atoms with Gasteiger partial charge in [0.15, 0.2) is 0 Å². The first-order chi connectivity index (χ1) is 7.34. The van der Waals surface area contributed by atoms with Gasteiger partial charge in [-0.2, -0.15) is 0 Å². The van der Waals surface area contributed by atoms with Crippen LogP contribution in [0.25, 0.3) is 0 Å². The monoisotopic (exact) mass is 239 g/mol. The van der Waals surface area contributed by atoms with E-state index in [0.29, 0.717) is 10.7 Å². The molecular formula is C12H14ClNO2. The third-order valence-corrected chi connectivity index (χ3v) is 3.37. The number of rotatable bonds is 1. The lowest BCUT2D eigenvalue weighted by molar-refractivity contribution is -0.119. The number of hydrogen-bond donors (Lipinski definition) is 2. The summed E-state index contributed by atoms with van der Waals surface area (Å²) in [6, 6.07) is 3.52. The molecule has 0 radical (unpaired) electrons. The van der Waals surface area contributed by atoms with Crippen molar-refractivity contribution in [1.29, 1.82) is 0 Å². The molecule has 0 bridgehead atoms. The van der Waals surface area contributed by atoms with E-state index in [1.54, 1.807) is 13.0 Å². The summed E-state index contributed by atoms with van der Waals surface area (Å²) in [4.78, 5) is 11.8. The molecule has 1 unspecified atom stereocenters.